The average Bonchev–Trinajstić information content (AvgIpc) is 2.85. The van der Waals surface area contributed by atoms with Gasteiger partial charge in [0.15, 0.2) is 0 Å². The maximum Gasteiger partial charge on any atom is 0.270 e. The van der Waals surface area contributed by atoms with Gasteiger partial charge in [0.2, 0.25) is 11.4 Å². The number of fused-ring (bicyclic) bond motifs is 1. The molecule has 1 saturated heterocycles. The summed E-state index contributed by atoms with van der Waals surface area (Å²) >= 11 is 0. The van der Waals surface area contributed by atoms with Gasteiger partial charge in [0.05, 0.1) is 11.2 Å². The van der Waals surface area contributed by atoms with Crippen molar-refractivity contribution in [3.05, 3.63) is 75.6 Å². The van der Waals surface area contributed by atoms with Crippen LogP contribution in [0.5, 0.6) is 0 Å². The fraction of sp³-hybridized carbons (Fsp3) is 0.448. The van der Waals surface area contributed by atoms with E-state index in [1.807, 2.05) is 20.8 Å². The number of rotatable bonds is 5. The first kappa shape index (κ1) is 27.3. The zero-order valence-electron chi connectivity index (χ0n) is 22.8. The lowest BCUT2D eigenvalue weighted by atomic mass is 9.96. The number of carbonyl (C=O) groups excluding carboxylic acids is 1. The number of aryl methyl sites for hydroxylation is 1. The molecule has 0 spiro atoms. The lowest BCUT2D eigenvalue weighted by molar-refractivity contribution is -0.124. The quantitative estimate of drug-likeness (QED) is 0.501. The number of aromatic nitrogens is 2. The van der Waals surface area contributed by atoms with Gasteiger partial charge in [-0.1, -0.05) is 18.7 Å². The number of nitrogens with zero attached hydrogens (tertiary/aromatic N) is 5. The van der Waals surface area contributed by atoms with Gasteiger partial charge in [0, 0.05) is 56.3 Å². The van der Waals surface area contributed by atoms with Crippen LogP contribution in [0.25, 0.3) is 15.9 Å². The smallest absolute Gasteiger partial charge is 0.270 e. The molecule has 0 radical (unpaired) electrons. The van der Waals surface area contributed by atoms with Crippen molar-refractivity contribution in [1.82, 2.24) is 19.8 Å². The lowest BCUT2D eigenvalue weighted by Crippen LogP contribution is -2.58. The molecule has 0 aliphatic carbocycles. The summed E-state index contributed by atoms with van der Waals surface area (Å²) < 4.78 is 15.3. The van der Waals surface area contributed by atoms with Gasteiger partial charge < -0.3 is 19.6 Å². The number of benzene rings is 1. The summed E-state index contributed by atoms with van der Waals surface area (Å²) in [5, 5.41) is 3.05. The third-order valence-electron chi connectivity index (χ3n) is 7.06. The van der Waals surface area contributed by atoms with Crippen molar-refractivity contribution in [2.75, 3.05) is 18.0 Å². The van der Waals surface area contributed by atoms with Crippen LogP contribution in [0.15, 0.2) is 47.3 Å². The predicted molar refractivity (Wildman–Crippen MR) is 148 cm³/mol. The van der Waals surface area contributed by atoms with E-state index in [9.17, 15) is 14.0 Å². The normalized spacial score (nSPS) is 19.3. The first-order valence-electron chi connectivity index (χ1n) is 12.8. The molecule has 4 rings (SSSR count). The maximum absolute atomic E-state index is 13.7. The van der Waals surface area contributed by atoms with E-state index in [0.717, 1.165) is 5.56 Å². The fourth-order valence-corrected chi connectivity index (χ4v) is 5.26. The zero-order chi connectivity index (χ0) is 27.8. The third-order valence-corrected chi connectivity index (χ3v) is 7.06. The molecule has 38 heavy (non-hydrogen) atoms. The number of anilines is 1. The van der Waals surface area contributed by atoms with Crippen molar-refractivity contribution < 1.29 is 9.18 Å². The molecule has 1 fully saturated rings. The Labute approximate surface area is 222 Å². The highest BCUT2D eigenvalue weighted by molar-refractivity contribution is 5.89. The summed E-state index contributed by atoms with van der Waals surface area (Å²) in [5.41, 5.74) is 2.37. The van der Waals surface area contributed by atoms with Crippen LogP contribution in [0.3, 0.4) is 0 Å². The molecule has 9 heteroatoms. The van der Waals surface area contributed by atoms with Gasteiger partial charge in [0.1, 0.15) is 5.82 Å². The molecule has 1 N–H and O–H groups in total. The minimum atomic E-state index is -0.361. The molecule has 1 unspecified atom stereocenters. The Bertz CT molecular complexity index is 1440. The average molecular weight is 519 g/mol. The van der Waals surface area contributed by atoms with Gasteiger partial charge in [-0.25, -0.2) is 4.39 Å². The molecule has 1 aromatic carbocycles. The Morgan fingerprint density at radius 1 is 1.16 bits per heavy atom. The van der Waals surface area contributed by atoms with E-state index in [4.69, 9.17) is 6.57 Å². The summed E-state index contributed by atoms with van der Waals surface area (Å²) in [4.78, 5) is 38.3. The van der Waals surface area contributed by atoms with Crippen LogP contribution in [0.1, 0.15) is 52.6 Å². The summed E-state index contributed by atoms with van der Waals surface area (Å²) in [6.07, 6.45) is 0.241. The third kappa shape index (κ3) is 5.70. The van der Waals surface area contributed by atoms with Crippen molar-refractivity contribution in [2.24, 2.45) is 7.05 Å². The van der Waals surface area contributed by atoms with Gasteiger partial charge in [-0.05, 0) is 64.4 Å². The monoisotopic (exact) mass is 518 g/mol. The molecule has 1 aliphatic rings. The summed E-state index contributed by atoms with van der Waals surface area (Å²) in [6.45, 7) is 18.6. The summed E-state index contributed by atoms with van der Waals surface area (Å²) in [7, 11) is 1.70. The second kappa shape index (κ2) is 10.5. The summed E-state index contributed by atoms with van der Waals surface area (Å²) in [5.74, 6) is -0.109. The van der Waals surface area contributed by atoms with Crippen LogP contribution in [0.4, 0.5) is 15.9 Å². The fourth-order valence-electron chi connectivity index (χ4n) is 5.26. The molecule has 3 heterocycles. The molecular formula is C29H35FN6O2. The highest BCUT2D eigenvalue weighted by Gasteiger charge is 2.36. The molecule has 0 saturated carbocycles. The molecule has 3 aromatic rings. The molecule has 200 valence electrons. The number of amides is 1. The molecule has 1 amide bonds. The molecular weight excluding hydrogens is 483 g/mol. The second-order valence-electron chi connectivity index (χ2n) is 11.2. The molecule has 0 bridgehead atoms. The van der Waals surface area contributed by atoms with Crippen molar-refractivity contribution in [1.29, 1.82) is 0 Å². The summed E-state index contributed by atoms with van der Waals surface area (Å²) in [6, 6.07) is 11.1. The highest BCUT2D eigenvalue weighted by atomic mass is 19.1. The molecule has 1 aliphatic heterocycles. The van der Waals surface area contributed by atoms with Crippen LogP contribution in [0, 0.1) is 12.4 Å². The van der Waals surface area contributed by atoms with Crippen molar-refractivity contribution >= 4 is 28.4 Å². The van der Waals surface area contributed by atoms with Crippen LogP contribution >= 0.6 is 0 Å². The van der Waals surface area contributed by atoms with E-state index in [0.29, 0.717) is 29.8 Å². The number of pyridine rings is 2. The van der Waals surface area contributed by atoms with Crippen LogP contribution in [-0.4, -0.2) is 51.1 Å². The second-order valence-corrected chi connectivity index (χ2v) is 11.2. The highest BCUT2D eigenvalue weighted by Crippen LogP contribution is 2.34. The van der Waals surface area contributed by atoms with Gasteiger partial charge in [-0.3, -0.25) is 14.5 Å². The Morgan fingerprint density at radius 2 is 1.84 bits per heavy atom. The lowest BCUT2D eigenvalue weighted by Gasteiger charge is -2.48. The number of hydrogen-bond donors (Lipinski definition) is 1. The number of piperazine rings is 1. The number of hydrogen-bond acceptors (Lipinski definition) is 5. The van der Waals surface area contributed by atoms with Crippen LogP contribution in [0.2, 0.25) is 0 Å². The van der Waals surface area contributed by atoms with E-state index in [1.54, 1.807) is 41.9 Å². The van der Waals surface area contributed by atoms with Crippen LogP contribution in [-0.2, 0) is 11.8 Å². The van der Waals surface area contributed by atoms with Gasteiger partial charge in [-0.2, -0.15) is 0 Å². The Hall–Kier alpha value is -3.77. The zero-order valence-corrected chi connectivity index (χ0v) is 22.8. The van der Waals surface area contributed by atoms with E-state index < -0.39 is 0 Å². The Kier molecular flexibility index (Phi) is 7.56. The largest absolute Gasteiger partial charge is 0.362 e. The topological polar surface area (TPSA) is 74.8 Å². The standard InChI is InChI=1S/C29H35FN6O2/c1-18-17-36(24-15-27(38)34(7)22-12-13-25(31-6)32-28(22)24)19(2)16-35(18)23(14-26(37)33-29(3,4)5)20-8-10-21(30)11-9-20/h8-13,15,18-19,23H,14,16-17H2,1-5,7H3,(H,33,37)/t18-,19+,23?/m1/s1. The Morgan fingerprint density at radius 3 is 2.47 bits per heavy atom. The first-order chi connectivity index (χ1) is 17.9. The predicted octanol–water partition coefficient (Wildman–Crippen LogP) is 4.57. The molecule has 2 aromatic heterocycles. The van der Waals surface area contributed by atoms with Crippen molar-refractivity contribution in [3.8, 4) is 0 Å². The van der Waals surface area contributed by atoms with E-state index in [1.165, 1.54) is 12.1 Å². The van der Waals surface area contributed by atoms with Gasteiger partial charge >= 0.3 is 0 Å². The Balaban J connectivity index is 1.69. The van der Waals surface area contributed by atoms with E-state index >= 15 is 0 Å². The van der Waals surface area contributed by atoms with Crippen LogP contribution < -0.4 is 15.8 Å². The van der Waals surface area contributed by atoms with Gasteiger partial charge in [0.25, 0.3) is 11.4 Å². The van der Waals surface area contributed by atoms with Crippen molar-refractivity contribution in [2.45, 2.75) is 64.7 Å². The van der Waals surface area contributed by atoms with E-state index in [2.05, 4.69) is 38.8 Å². The number of halogens is 1. The molecule has 8 nitrogen and oxygen atoms in total. The maximum atomic E-state index is 13.7. The van der Waals surface area contributed by atoms with E-state index in [-0.39, 0.29) is 53.2 Å². The van der Waals surface area contributed by atoms with Gasteiger partial charge in [-0.15, -0.1) is 4.98 Å². The minimum absolute atomic E-state index is 0.00634. The molecule has 3 atom stereocenters. The minimum Gasteiger partial charge on any atom is -0.362 e. The SMILES string of the molecule is [C-]#[N+]c1ccc2c(n1)c(N1C[C@@H](C)N(C(CC(=O)NC(C)(C)C)c3ccc(F)cc3)C[C@@H]1C)cc(=O)n2C. The number of nitrogens with one attached hydrogen (secondary N) is 1. The van der Waals surface area contributed by atoms with Crippen molar-refractivity contribution in [3.63, 3.8) is 0 Å². The number of carbonyl (C=O) groups is 1. The first-order valence-corrected chi connectivity index (χ1v) is 12.8.